The third-order valence-corrected chi connectivity index (χ3v) is 3.52. The van der Waals surface area contributed by atoms with Crippen LogP contribution in [0, 0.1) is 0 Å². The molecule has 18 heavy (non-hydrogen) atoms. The maximum Gasteiger partial charge on any atom is 0.356 e. The molecule has 0 saturated carbocycles. The van der Waals surface area contributed by atoms with Crippen LogP contribution in [0.4, 0.5) is 0 Å². The predicted octanol–water partition coefficient (Wildman–Crippen LogP) is 1.79. The Labute approximate surface area is 107 Å². The molecule has 98 valence electrons. The van der Waals surface area contributed by atoms with Gasteiger partial charge in [0.15, 0.2) is 0 Å². The quantitative estimate of drug-likeness (QED) is 0.797. The van der Waals surface area contributed by atoms with Gasteiger partial charge in [0, 0.05) is 6.04 Å². The number of piperidine rings is 1. The molecule has 1 aromatic rings. The van der Waals surface area contributed by atoms with Crippen LogP contribution >= 0.6 is 0 Å². The fraction of sp³-hybridized carbons (Fsp3) is 0.500. The summed E-state index contributed by atoms with van der Waals surface area (Å²) in [7, 11) is 0. The molecule has 0 spiro atoms. The number of carbonyl (C=O) groups is 1. The molecule has 1 saturated heterocycles. The first kappa shape index (κ1) is 13.1. The Morgan fingerprint density at radius 1 is 1.39 bits per heavy atom. The molecule has 0 radical (unpaired) electrons. The van der Waals surface area contributed by atoms with E-state index in [1.54, 1.807) is 6.07 Å². The molecule has 1 aliphatic heterocycles. The van der Waals surface area contributed by atoms with Gasteiger partial charge in [-0.2, -0.15) is 5.90 Å². The van der Waals surface area contributed by atoms with Gasteiger partial charge < -0.3 is 10.2 Å². The van der Waals surface area contributed by atoms with Gasteiger partial charge >= 0.3 is 5.97 Å². The highest BCUT2D eigenvalue weighted by atomic mass is 16.7. The number of nitrogens with two attached hydrogens (primary N) is 1. The van der Waals surface area contributed by atoms with Gasteiger partial charge in [-0.3, -0.25) is 0 Å². The van der Waals surface area contributed by atoms with Crippen molar-refractivity contribution < 1.29 is 9.63 Å². The van der Waals surface area contributed by atoms with Gasteiger partial charge in [0.1, 0.15) is 0 Å². The van der Waals surface area contributed by atoms with E-state index in [0.29, 0.717) is 11.6 Å². The Kier molecular flexibility index (Phi) is 4.73. The van der Waals surface area contributed by atoms with Crippen LogP contribution < -0.4 is 11.2 Å². The minimum Gasteiger partial charge on any atom is -0.370 e. The van der Waals surface area contributed by atoms with Crippen LogP contribution in [-0.2, 0) is 11.3 Å². The van der Waals surface area contributed by atoms with Crippen molar-refractivity contribution in [3.05, 3.63) is 35.4 Å². The molecule has 1 heterocycles. The first-order chi connectivity index (χ1) is 8.81. The van der Waals surface area contributed by atoms with Crippen LogP contribution in [-0.4, -0.2) is 18.6 Å². The zero-order valence-corrected chi connectivity index (χ0v) is 10.5. The van der Waals surface area contributed by atoms with E-state index in [2.05, 4.69) is 10.2 Å². The minimum atomic E-state index is -0.456. The van der Waals surface area contributed by atoms with E-state index in [1.807, 2.05) is 18.2 Å². The molecule has 0 amide bonds. The molecule has 1 aromatic carbocycles. The van der Waals surface area contributed by atoms with Crippen molar-refractivity contribution in [3.63, 3.8) is 0 Å². The average Bonchev–Trinajstić information content (AvgIpc) is 2.45. The summed E-state index contributed by atoms with van der Waals surface area (Å²) in [5.41, 5.74) is 1.59. The van der Waals surface area contributed by atoms with Gasteiger partial charge in [-0.25, -0.2) is 4.79 Å². The van der Waals surface area contributed by atoms with Crippen molar-refractivity contribution in [2.45, 2.75) is 38.1 Å². The van der Waals surface area contributed by atoms with Gasteiger partial charge in [-0.1, -0.05) is 24.6 Å². The Balaban J connectivity index is 1.97. The molecule has 4 nitrogen and oxygen atoms in total. The summed E-state index contributed by atoms with van der Waals surface area (Å²) in [6, 6.07) is 8.07. The lowest BCUT2D eigenvalue weighted by Gasteiger charge is -2.23. The monoisotopic (exact) mass is 248 g/mol. The molecule has 1 aliphatic rings. The van der Waals surface area contributed by atoms with E-state index in [0.717, 1.165) is 24.9 Å². The van der Waals surface area contributed by atoms with Gasteiger partial charge in [0.25, 0.3) is 0 Å². The molecule has 1 unspecified atom stereocenters. The highest BCUT2D eigenvalue weighted by Gasteiger charge is 2.15. The summed E-state index contributed by atoms with van der Waals surface area (Å²) in [6.45, 7) is 1.11. The smallest absolute Gasteiger partial charge is 0.356 e. The number of hydrogen-bond donors (Lipinski definition) is 2. The van der Waals surface area contributed by atoms with Crippen molar-refractivity contribution in [1.29, 1.82) is 0 Å². The molecule has 4 heteroatoms. The van der Waals surface area contributed by atoms with E-state index in [9.17, 15) is 4.79 Å². The number of carbonyl (C=O) groups excluding carboxylic acids is 1. The molecule has 3 N–H and O–H groups in total. The van der Waals surface area contributed by atoms with Gasteiger partial charge in [0.2, 0.25) is 0 Å². The fourth-order valence-corrected chi connectivity index (χ4v) is 2.50. The molecule has 0 aliphatic carbocycles. The van der Waals surface area contributed by atoms with Crippen LogP contribution in [0.2, 0.25) is 0 Å². The summed E-state index contributed by atoms with van der Waals surface area (Å²) in [6.07, 6.45) is 5.72. The second kappa shape index (κ2) is 6.52. The molecule has 0 bridgehead atoms. The van der Waals surface area contributed by atoms with Crippen molar-refractivity contribution in [2.75, 3.05) is 6.54 Å². The second-order valence-corrected chi connectivity index (χ2v) is 4.75. The number of rotatable bonds is 4. The third-order valence-electron chi connectivity index (χ3n) is 3.52. The summed E-state index contributed by atoms with van der Waals surface area (Å²) >= 11 is 0. The van der Waals surface area contributed by atoms with E-state index < -0.39 is 5.97 Å². The SMILES string of the molecule is NOC(=O)c1ccccc1CCC1CCCCN1. The number of aryl methyl sites for hydroxylation is 1. The summed E-state index contributed by atoms with van der Waals surface area (Å²) in [5, 5.41) is 3.51. The third kappa shape index (κ3) is 3.31. The topological polar surface area (TPSA) is 64.3 Å². The molecule has 0 aromatic heterocycles. The predicted molar refractivity (Wildman–Crippen MR) is 70.0 cm³/mol. The van der Waals surface area contributed by atoms with Gasteiger partial charge in [0.05, 0.1) is 5.56 Å². The number of nitrogens with one attached hydrogen (secondary N) is 1. The number of benzene rings is 1. The maximum absolute atomic E-state index is 11.5. The fourth-order valence-electron chi connectivity index (χ4n) is 2.50. The lowest BCUT2D eigenvalue weighted by molar-refractivity contribution is 0.0502. The lowest BCUT2D eigenvalue weighted by atomic mass is 9.96. The van der Waals surface area contributed by atoms with Gasteiger partial charge in [-0.15, -0.1) is 0 Å². The zero-order chi connectivity index (χ0) is 12.8. The first-order valence-corrected chi connectivity index (χ1v) is 6.53. The van der Waals surface area contributed by atoms with Crippen LogP contribution in [0.1, 0.15) is 41.6 Å². The lowest BCUT2D eigenvalue weighted by Crippen LogP contribution is -2.34. The molecular formula is C14H20N2O2. The van der Waals surface area contributed by atoms with Crippen LogP contribution in [0.15, 0.2) is 24.3 Å². The average molecular weight is 248 g/mol. The normalized spacial score (nSPS) is 19.5. The largest absolute Gasteiger partial charge is 0.370 e. The Bertz CT molecular complexity index is 401. The van der Waals surface area contributed by atoms with Crippen molar-refractivity contribution >= 4 is 5.97 Å². The van der Waals surface area contributed by atoms with Gasteiger partial charge in [-0.05, 0) is 43.9 Å². The minimum absolute atomic E-state index is 0.456. The molecule has 1 atom stereocenters. The van der Waals surface area contributed by atoms with Crippen molar-refractivity contribution in [2.24, 2.45) is 5.90 Å². The van der Waals surface area contributed by atoms with Crippen molar-refractivity contribution in [1.82, 2.24) is 5.32 Å². The standard InChI is InChI=1S/C14H20N2O2/c15-18-14(17)13-7-2-1-5-11(13)8-9-12-6-3-4-10-16-12/h1-2,5,7,12,16H,3-4,6,8-10,15H2. The van der Waals surface area contributed by atoms with E-state index in [1.165, 1.54) is 19.3 Å². The zero-order valence-electron chi connectivity index (χ0n) is 10.5. The van der Waals surface area contributed by atoms with E-state index >= 15 is 0 Å². The van der Waals surface area contributed by atoms with Crippen LogP contribution in [0.5, 0.6) is 0 Å². The highest BCUT2D eigenvalue weighted by molar-refractivity contribution is 5.90. The molecule has 1 fully saturated rings. The van der Waals surface area contributed by atoms with Crippen LogP contribution in [0.25, 0.3) is 0 Å². The number of hydrogen-bond acceptors (Lipinski definition) is 4. The van der Waals surface area contributed by atoms with Crippen LogP contribution in [0.3, 0.4) is 0 Å². The summed E-state index contributed by atoms with van der Waals surface area (Å²) < 4.78 is 0. The van der Waals surface area contributed by atoms with E-state index in [4.69, 9.17) is 5.90 Å². The highest BCUT2D eigenvalue weighted by Crippen LogP contribution is 2.16. The summed E-state index contributed by atoms with van der Waals surface area (Å²) in [4.78, 5) is 15.8. The Hall–Kier alpha value is -1.39. The summed E-state index contributed by atoms with van der Waals surface area (Å²) in [5.74, 6) is 4.49. The maximum atomic E-state index is 11.5. The van der Waals surface area contributed by atoms with Crippen molar-refractivity contribution in [3.8, 4) is 0 Å². The second-order valence-electron chi connectivity index (χ2n) is 4.75. The van der Waals surface area contributed by atoms with E-state index in [-0.39, 0.29) is 0 Å². The first-order valence-electron chi connectivity index (χ1n) is 6.53. The molecular weight excluding hydrogens is 228 g/mol. The Morgan fingerprint density at radius 2 is 2.22 bits per heavy atom. The Morgan fingerprint density at radius 3 is 2.94 bits per heavy atom. The molecule has 2 rings (SSSR count).